The molecule has 0 aromatic heterocycles. The minimum absolute atomic E-state index is 0.146. The van der Waals surface area contributed by atoms with Gasteiger partial charge in [-0.1, -0.05) is 13.8 Å². The number of carboxylic acids is 1. The summed E-state index contributed by atoms with van der Waals surface area (Å²) in [5.74, 6) is -0.441. The summed E-state index contributed by atoms with van der Waals surface area (Å²) >= 11 is 0. The van der Waals surface area contributed by atoms with Gasteiger partial charge in [0.25, 0.3) is 0 Å². The SMILES string of the molecule is CC(C)CCS(=O)(=O)N1CCC(OCC(=O)O)CC1. The molecule has 1 aliphatic heterocycles. The minimum atomic E-state index is -3.17. The van der Waals surface area contributed by atoms with Gasteiger partial charge in [0.05, 0.1) is 11.9 Å². The highest BCUT2D eigenvalue weighted by Gasteiger charge is 2.28. The van der Waals surface area contributed by atoms with Crippen molar-refractivity contribution in [2.24, 2.45) is 5.92 Å². The summed E-state index contributed by atoms with van der Waals surface area (Å²) in [6.45, 7) is 4.53. The molecule has 0 unspecified atom stereocenters. The van der Waals surface area contributed by atoms with Crippen molar-refractivity contribution in [1.29, 1.82) is 0 Å². The van der Waals surface area contributed by atoms with E-state index < -0.39 is 16.0 Å². The van der Waals surface area contributed by atoms with Crippen molar-refractivity contribution in [1.82, 2.24) is 4.31 Å². The fourth-order valence-electron chi connectivity index (χ4n) is 1.98. The number of piperidine rings is 1. The lowest BCUT2D eigenvalue weighted by Gasteiger charge is -2.31. The number of carbonyl (C=O) groups is 1. The van der Waals surface area contributed by atoms with E-state index in [0.717, 1.165) is 0 Å². The van der Waals surface area contributed by atoms with Crippen molar-refractivity contribution in [3.8, 4) is 0 Å². The molecule has 1 fully saturated rings. The molecule has 0 amide bonds. The number of rotatable bonds is 7. The van der Waals surface area contributed by atoms with Gasteiger partial charge < -0.3 is 9.84 Å². The van der Waals surface area contributed by atoms with Gasteiger partial charge in [-0.25, -0.2) is 17.5 Å². The van der Waals surface area contributed by atoms with Crippen LogP contribution in [0.4, 0.5) is 0 Å². The van der Waals surface area contributed by atoms with Crippen LogP contribution < -0.4 is 0 Å². The highest BCUT2D eigenvalue weighted by molar-refractivity contribution is 7.89. The maximum atomic E-state index is 12.1. The number of nitrogens with zero attached hydrogens (tertiary/aromatic N) is 1. The molecular weight excluding hydrogens is 270 g/mol. The second kappa shape index (κ2) is 7.21. The molecule has 1 N–H and O–H groups in total. The Labute approximate surface area is 114 Å². The molecule has 6 nitrogen and oxygen atoms in total. The van der Waals surface area contributed by atoms with Gasteiger partial charge in [-0.15, -0.1) is 0 Å². The van der Waals surface area contributed by atoms with Gasteiger partial charge in [-0.2, -0.15) is 0 Å². The normalized spacial score (nSPS) is 18.9. The molecule has 112 valence electrons. The number of sulfonamides is 1. The minimum Gasteiger partial charge on any atom is -0.480 e. The van der Waals surface area contributed by atoms with E-state index in [1.54, 1.807) is 0 Å². The van der Waals surface area contributed by atoms with Gasteiger partial charge in [-0.3, -0.25) is 0 Å². The first-order chi connectivity index (χ1) is 8.81. The number of hydrogen-bond acceptors (Lipinski definition) is 4. The van der Waals surface area contributed by atoms with E-state index in [9.17, 15) is 13.2 Å². The first-order valence-electron chi connectivity index (χ1n) is 6.62. The Kier molecular flexibility index (Phi) is 6.22. The summed E-state index contributed by atoms with van der Waals surface area (Å²) in [6, 6.07) is 0. The van der Waals surface area contributed by atoms with Crippen LogP contribution >= 0.6 is 0 Å². The van der Waals surface area contributed by atoms with Gasteiger partial charge in [0.1, 0.15) is 6.61 Å². The zero-order chi connectivity index (χ0) is 14.5. The molecule has 7 heteroatoms. The Bertz CT molecular complexity index is 385. The Hall–Kier alpha value is -0.660. The predicted molar refractivity (Wildman–Crippen MR) is 71.4 cm³/mol. The quantitative estimate of drug-likeness (QED) is 0.755. The standard InChI is InChI=1S/C12H23NO5S/c1-10(2)5-8-19(16,17)13-6-3-11(4-7-13)18-9-12(14)15/h10-11H,3-9H2,1-2H3,(H,14,15). The number of aliphatic carboxylic acids is 1. The Morgan fingerprint density at radius 3 is 2.42 bits per heavy atom. The van der Waals surface area contributed by atoms with E-state index in [2.05, 4.69) is 0 Å². The average molecular weight is 293 g/mol. The Morgan fingerprint density at radius 2 is 1.95 bits per heavy atom. The fraction of sp³-hybridized carbons (Fsp3) is 0.917. The summed E-state index contributed by atoms with van der Waals surface area (Å²) in [4.78, 5) is 10.4. The first kappa shape index (κ1) is 16.4. The number of hydrogen-bond donors (Lipinski definition) is 1. The van der Waals surface area contributed by atoms with Crippen LogP contribution in [0.3, 0.4) is 0 Å². The van der Waals surface area contributed by atoms with E-state index in [0.29, 0.717) is 38.3 Å². The lowest BCUT2D eigenvalue weighted by atomic mass is 10.1. The lowest BCUT2D eigenvalue weighted by molar-refractivity contribution is -0.145. The van der Waals surface area contributed by atoms with Crippen molar-refractivity contribution in [3.63, 3.8) is 0 Å². The third kappa shape index (κ3) is 5.88. The van der Waals surface area contributed by atoms with Gasteiger partial charge in [0, 0.05) is 13.1 Å². The van der Waals surface area contributed by atoms with Gasteiger partial charge in [-0.05, 0) is 25.2 Å². The molecular formula is C12H23NO5S. The summed E-state index contributed by atoms with van der Waals surface area (Å²) in [7, 11) is -3.17. The summed E-state index contributed by atoms with van der Waals surface area (Å²) in [5, 5.41) is 8.52. The van der Waals surface area contributed by atoms with Crippen LogP contribution in [-0.2, 0) is 19.6 Å². The number of carboxylic acid groups (broad SMARTS) is 1. The predicted octanol–water partition coefficient (Wildman–Crippen LogP) is 0.928. The topological polar surface area (TPSA) is 83.9 Å². The molecule has 1 aliphatic rings. The molecule has 0 bridgehead atoms. The molecule has 0 aliphatic carbocycles. The van der Waals surface area contributed by atoms with E-state index in [-0.39, 0.29) is 18.5 Å². The molecule has 0 radical (unpaired) electrons. The lowest BCUT2D eigenvalue weighted by Crippen LogP contribution is -2.42. The highest BCUT2D eigenvalue weighted by atomic mass is 32.2. The van der Waals surface area contributed by atoms with Crippen LogP contribution in [-0.4, -0.2) is 55.4 Å². The summed E-state index contributed by atoms with van der Waals surface area (Å²) in [6.07, 6.45) is 1.65. The molecule has 0 atom stereocenters. The smallest absolute Gasteiger partial charge is 0.329 e. The Morgan fingerprint density at radius 1 is 1.37 bits per heavy atom. The van der Waals surface area contributed by atoms with Crippen molar-refractivity contribution in [2.45, 2.75) is 39.2 Å². The van der Waals surface area contributed by atoms with Crippen molar-refractivity contribution < 1.29 is 23.1 Å². The monoisotopic (exact) mass is 293 g/mol. The molecule has 0 aromatic carbocycles. The molecule has 19 heavy (non-hydrogen) atoms. The zero-order valence-corrected chi connectivity index (χ0v) is 12.4. The van der Waals surface area contributed by atoms with Gasteiger partial charge in [0.15, 0.2) is 0 Å². The van der Waals surface area contributed by atoms with Gasteiger partial charge >= 0.3 is 5.97 Å². The van der Waals surface area contributed by atoms with E-state index in [1.807, 2.05) is 13.8 Å². The van der Waals surface area contributed by atoms with Crippen molar-refractivity contribution in [2.75, 3.05) is 25.4 Å². The van der Waals surface area contributed by atoms with Crippen LogP contribution in [0.2, 0.25) is 0 Å². The second-order valence-corrected chi connectivity index (χ2v) is 7.39. The summed E-state index contributed by atoms with van der Waals surface area (Å²) < 4.78 is 30.8. The zero-order valence-electron chi connectivity index (χ0n) is 11.5. The highest BCUT2D eigenvalue weighted by Crippen LogP contribution is 2.18. The van der Waals surface area contributed by atoms with Crippen molar-refractivity contribution in [3.05, 3.63) is 0 Å². The molecule has 0 saturated carbocycles. The van der Waals surface area contributed by atoms with E-state index in [4.69, 9.17) is 9.84 Å². The summed E-state index contributed by atoms with van der Waals surface area (Å²) in [5.41, 5.74) is 0. The maximum absolute atomic E-state index is 12.1. The fourth-order valence-corrected chi connectivity index (χ4v) is 3.77. The molecule has 1 rings (SSSR count). The largest absolute Gasteiger partial charge is 0.480 e. The second-order valence-electron chi connectivity index (χ2n) is 5.30. The first-order valence-corrected chi connectivity index (χ1v) is 8.23. The maximum Gasteiger partial charge on any atom is 0.329 e. The van der Waals surface area contributed by atoms with Crippen LogP contribution in [0.1, 0.15) is 33.1 Å². The molecule has 1 heterocycles. The number of ether oxygens (including phenoxy) is 1. The molecule has 0 spiro atoms. The average Bonchev–Trinajstić information content (AvgIpc) is 2.34. The molecule has 1 saturated heterocycles. The van der Waals surface area contributed by atoms with Crippen LogP contribution in [0.15, 0.2) is 0 Å². The van der Waals surface area contributed by atoms with Crippen LogP contribution in [0.25, 0.3) is 0 Å². The van der Waals surface area contributed by atoms with E-state index in [1.165, 1.54) is 4.31 Å². The van der Waals surface area contributed by atoms with Crippen LogP contribution in [0.5, 0.6) is 0 Å². The Balaban J connectivity index is 2.38. The third-order valence-electron chi connectivity index (χ3n) is 3.19. The van der Waals surface area contributed by atoms with Crippen LogP contribution in [0, 0.1) is 5.92 Å². The third-order valence-corrected chi connectivity index (χ3v) is 5.09. The van der Waals surface area contributed by atoms with Crippen molar-refractivity contribution >= 4 is 16.0 Å². The molecule has 0 aromatic rings. The van der Waals surface area contributed by atoms with E-state index >= 15 is 0 Å². The van der Waals surface area contributed by atoms with Gasteiger partial charge in [0.2, 0.25) is 10.0 Å².